The Morgan fingerprint density at radius 3 is 2.78 bits per heavy atom. The third-order valence-corrected chi connectivity index (χ3v) is 4.32. The molecule has 98 valence electrons. The summed E-state index contributed by atoms with van der Waals surface area (Å²) in [6.07, 6.45) is 1.70. The van der Waals surface area contributed by atoms with E-state index in [2.05, 4.69) is 10.6 Å². The van der Waals surface area contributed by atoms with Gasteiger partial charge in [0.25, 0.3) is 0 Å². The van der Waals surface area contributed by atoms with Crippen LogP contribution in [0.1, 0.15) is 19.8 Å². The van der Waals surface area contributed by atoms with E-state index in [1.54, 1.807) is 18.2 Å². The van der Waals surface area contributed by atoms with Gasteiger partial charge >= 0.3 is 0 Å². The van der Waals surface area contributed by atoms with E-state index in [0.717, 1.165) is 25.9 Å². The molecule has 0 bridgehead atoms. The van der Waals surface area contributed by atoms with Crippen LogP contribution < -0.4 is 10.6 Å². The first kappa shape index (κ1) is 13.7. The van der Waals surface area contributed by atoms with E-state index in [1.807, 2.05) is 6.92 Å². The molecule has 5 heteroatoms. The van der Waals surface area contributed by atoms with Gasteiger partial charge in [0.1, 0.15) is 0 Å². The van der Waals surface area contributed by atoms with Crippen LogP contribution in [-0.2, 0) is 4.79 Å². The Kier molecular flexibility index (Phi) is 4.15. The van der Waals surface area contributed by atoms with Crippen molar-refractivity contribution in [1.82, 2.24) is 5.32 Å². The normalized spacial score (nSPS) is 23.1. The lowest BCUT2D eigenvalue weighted by atomic mass is 9.83. The number of carbonyl (C=O) groups excluding carboxylic acids is 1. The van der Waals surface area contributed by atoms with Gasteiger partial charge in [-0.15, -0.1) is 0 Å². The molecule has 0 aromatic heterocycles. The van der Waals surface area contributed by atoms with Crippen LogP contribution in [0.15, 0.2) is 18.2 Å². The Morgan fingerprint density at radius 1 is 1.44 bits per heavy atom. The molecule has 3 nitrogen and oxygen atoms in total. The number of anilines is 1. The summed E-state index contributed by atoms with van der Waals surface area (Å²) in [4.78, 5) is 12.3. The third-order valence-electron chi connectivity index (χ3n) is 3.58. The van der Waals surface area contributed by atoms with Crippen molar-refractivity contribution in [2.75, 3.05) is 18.4 Å². The van der Waals surface area contributed by atoms with Crippen LogP contribution in [-0.4, -0.2) is 19.0 Å². The van der Waals surface area contributed by atoms with Crippen LogP contribution in [0.3, 0.4) is 0 Å². The highest BCUT2D eigenvalue weighted by Gasteiger charge is 2.39. The number of benzene rings is 1. The van der Waals surface area contributed by atoms with Crippen molar-refractivity contribution in [1.29, 1.82) is 0 Å². The summed E-state index contributed by atoms with van der Waals surface area (Å²) < 4.78 is 0. The molecule has 1 aliphatic rings. The molecule has 1 amide bonds. The summed E-state index contributed by atoms with van der Waals surface area (Å²) in [6, 6.07) is 5.12. The molecule has 1 aliphatic heterocycles. The van der Waals surface area contributed by atoms with E-state index >= 15 is 0 Å². The summed E-state index contributed by atoms with van der Waals surface area (Å²) in [5.41, 5.74) is 0.390. The first-order valence-electron chi connectivity index (χ1n) is 6.04. The SMILES string of the molecule is CCC1(C(=O)Nc2ccc(Cl)c(Cl)c2)CCNC1. The fourth-order valence-electron chi connectivity index (χ4n) is 2.24. The maximum Gasteiger partial charge on any atom is 0.231 e. The zero-order valence-corrected chi connectivity index (χ0v) is 11.7. The smallest absolute Gasteiger partial charge is 0.231 e. The number of hydrogen-bond donors (Lipinski definition) is 2. The van der Waals surface area contributed by atoms with Gasteiger partial charge in [-0.25, -0.2) is 0 Å². The second kappa shape index (κ2) is 5.47. The van der Waals surface area contributed by atoms with Crippen LogP contribution in [0.5, 0.6) is 0 Å². The molecule has 1 heterocycles. The first-order chi connectivity index (χ1) is 8.57. The Balaban J connectivity index is 2.13. The summed E-state index contributed by atoms with van der Waals surface area (Å²) in [7, 11) is 0. The van der Waals surface area contributed by atoms with Crippen LogP contribution in [0.25, 0.3) is 0 Å². The van der Waals surface area contributed by atoms with Crippen molar-refractivity contribution in [3.8, 4) is 0 Å². The summed E-state index contributed by atoms with van der Waals surface area (Å²) >= 11 is 11.8. The van der Waals surface area contributed by atoms with Gasteiger partial charge in [-0.2, -0.15) is 0 Å². The molecule has 0 saturated carbocycles. The van der Waals surface area contributed by atoms with Crippen LogP contribution in [0, 0.1) is 5.41 Å². The number of carbonyl (C=O) groups is 1. The average molecular weight is 287 g/mol. The van der Waals surface area contributed by atoms with E-state index in [-0.39, 0.29) is 11.3 Å². The van der Waals surface area contributed by atoms with Gasteiger partial charge in [0.15, 0.2) is 0 Å². The van der Waals surface area contributed by atoms with E-state index in [1.165, 1.54) is 0 Å². The predicted octanol–water partition coefficient (Wildman–Crippen LogP) is 3.32. The number of amides is 1. The van der Waals surface area contributed by atoms with Gasteiger partial charge in [0, 0.05) is 12.2 Å². The van der Waals surface area contributed by atoms with Crippen molar-refractivity contribution in [3.63, 3.8) is 0 Å². The fraction of sp³-hybridized carbons (Fsp3) is 0.462. The highest BCUT2D eigenvalue weighted by atomic mass is 35.5. The van der Waals surface area contributed by atoms with Crippen LogP contribution >= 0.6 is 23.2 Å². The first-order valence-corrected chi connectivity index (χ1v) is 6.80. The molecule has 2 rings (SSSR count). The molecular weight excluding hydrogens is 271 g/mol. The van der Waals surface area contributed by atoms with Gasteiger partial charge in [-0.3, -0.25) is 4.79 Å². The number of hydrogen-bond acceptors (Lipinski definition) is 2. The molecule has 1 saturated heterocycles. The zero-order valence-electron chi connectivity index (χ0n) is 10.2. The minimum absolute atomic E-state index is 0.0494. The van der Waals surface area contributed by atoms with Crippen molar-refractivity contribution >= 4 is 34.8 Å². The lowest BCUT2D eigenvalue weighted by Gasteiger charge is -2.25. The molecule has 1 aromatic rings. The Bertz CT molecular complexity index is 456. The fourth-order valence-corrected chi connectivity index (χ4v) is 2.54. The molecule has 0 aliphatic carbocycles. The van der Waals surface area contributed by atoms with Crippen molar-refractivity contribution in [3.05, 3.63) is 28.2 Å². The monoisotopic (exact) mass is 286 g/mol. The van der Waals surface area contributed by atoms with Crippen LogP contribution in [0.2, 0.25) is 10.0 Å². The molecule has 1 aromatic carbocycles. The number of nitrogens with one attached hydrogen (secondary N) is 2. The summed E-state index contributed by atoms with van der Waals surface area (Å²) in [5, 5.41) is 7.10. The largest absolute Gasteiger partial charge is 0.326 e. The van der Waals surface area contributed by atoms with Gasteiger partial charge in [-0.05, 0) is 37.6 Å². The van der Waals surface area contributed by atoms with E-state index < -0.39 is 0 Å². The Labute approximate surface area is 117 Å². The highest BCUT2D eigenvalue weighted by molar-refractivity contribution is 6.42. The predicted molar refractivity (Wildman–Crippen MR) is 75.3 cm³/mol. The molecule has 0 spiro atoms. The van der Waals surface area contributed by atoms with E-state index in [9.17, 15) is 4.79 Å². The molecule has 1 fully saturated rings. The highest BCUT2D eigenvalue weighted by Crippen LogP contribution is 2.32. The Morgan fingerprint density at radius 2 is 2.22 bits per heavy atom. The average Bonchev–Trinajstić information content (AvgIpc) is 2.84. The van der Waals surface area contributed by atoms with Gasteiger partial charge in [0.2, 0.25) is 5.91 Å². The summed E-state index contributed by atoms with van der Waals surface area (Å²) in [6.45, 7) is 3.67. The lowest BCUT2D eigenvalue weighted by molar-refractivity contribution is -0.124. The minimum Gasteiger partial charge on any atom is -0.326 e. The molecule has 0 radical (unpaired) electrons. The van der Waals surface area contributed by atoms with Gasteiger partial charge < -0.3 is 10.6 Å². The zero-order chi connectivity index (χ0) is 13.2. The van der Waals surface area contributed by atoms with Crippen molar-refractivity contribution < 1.29 is 4.79 Å². The quantitative estimate of drug-likeness (QED) is 0.895. The molecular formula is C13H16Cl2N2O. The van der Waals surface area contributed by atoms with Gasteiger partial charge in [0.05, 0.1) is 15.5 Å². The van der Waals surface area contributed by atoms with Gasteiger partial charge in [-0.1, -0.05) is 30.1 Å². The number of rotatable bonds is 3. The minimum atomic E-state index is -0.299. The molecule has 1 atom stereocenters. The second-order valence-corrected chi connectivity index (χ2v) is 5.46. The van der Waals surface area contributed by atoms with E-state index in [4.69, 9.17) is 23.2 Å². The van der Waals surface area contributed by atoms with Crippen molar-refractivity contribution in [2.24, 2.45) is 5.41 Å². The maximum atomic E-state index is 12.3. The van der Waals surface area contributed by atoms with E-state index in [0.29, 0.717) is 15.7 Å². The Hall–Kier alpha value is -0.770. The lowest BCUT2D eigenvalue weighted by Crippen LogP contribution is -2.37. The molecule has 2 N–H and O–H groups in total. The topological polar surface area (TPSA) is 41.1 Å². The maximum absolute atomic E-state index is 12.3. The third kappa shape index (κ3) is 2.63. The van der Waals surface area contributed by atoms with Crippen molar-refractivity contribution in [2.45, 2.75) is 19.8 Å². The van der Waals surface area contributed by atoms with Crippen LogP contribution in [0.4, 0.5) is 5.69 Å². The second-order valence-electron chi connectivity index (χ2n) is 4.64. The number of halogens is 2. The molecule has 18 heavy (non-hydrogen) atoms. The standard InChI is InChI=1S/C13H16Cl2N2O/c1-2-13(5-6-16-8-13)12(18)17-9-3-4-10(14)11(15)7-9/h3-4,7,16H,2,5-6,8H2,1H3,(H,17,18). The summed E-state index contributed by atoms with van der Waals surface area (Å²) in [5.74, 6) is 0.0494. The molecule has 1 unspecified atom stereocenters.